The summed E-state index contributed by atoms with van der Waals surface area (Å²) in [6.45, 7) is 3.79. The van der Waals surface area contributed by atoms with Crippen molar-refractivity contribution in [3.8, 4) is 5.75 Å². The van der Waals surface area contributed by atoms with Crippen molar-refractivity contribution in [1.29, 1.82) is 0 Å². The number of aryl methyl sites for hydroxylation is 2. The van der Waals surface area contributed by atoms with Gasteiger partial charge in [-0.1, -0.05) is 18.2 Å². The fraction of sp³-hybridized carbons (Fsp3) is 0.107. The second-order valence-corrected chi connectivity index (χ2v) is 8.43. The number of nitrogens with one attached hydrogen (secondary N) is 2. The molecule has 9 heteroatoms. The van der Waals surface area contributed by atoms with Crippen molar-refractivity contribution in [2.75, 3.05) is 10.6 Å². The van der Waals surface area contributed by atoms with Gasteiger partial charge in [-0.25, -0.2) is 9.37 Å². The lowest BCUT2D eigenvalue weighted by Crippen LogP contribution is -2.16. The van der Waals surface area contributed by atoms with Crippen molar-refractivity contribution in [1.82, 2.24) is 9.38 Å². The summed E-state index contributed by atoms with van der Waals surface area (Å²) in [6, 6.07) is 16.2. The quantitative estimate of drug-likeness (QED) is 0.297. The van der Waals surface area contributed by atoms with Crippen LogP contribution in [0.3, 0.4) is 0 Å². The first-order valence-corrected chi connectivity index (χ1v) is 11.5. The SMILES string of the molecule is Cc1occc1C(=O)Nc1cc(NC(=O)c2ccccc2OCc2cn3cccc(C)c3n2)ccc1F. The van der Waals surface area contributed by atoms with Crippen molar-refractivity contribution in [3.05, 3.63) is 113 Å². The van der Waals surface area contributed by atoms with Gasteiger partial charge in [-0.3, -0.25) is 9.59 Å². The van der Waals surface area contributed by atoms with Gasteiger partial charge in [0.1, 0.15) is 29.6 Å². The van der Waals surface area contributed by atoms with Crippen LogP contribution in [0.15, 0.2) is 83.7 Å². The third kappa shape index (κ3) is 5.06. The maximum absolute atomic E-state index is 14.4. The average Bonchev–Trinajstić information content (AvgIpc) is 3.51. The molecule has 0 saturated heterocycles. The summed E-state index contributed by atoms with van der Waals surface area (Å²) in [5.41, 5.74) is 3.42. The van der Waals surface area contributed by atoms with E-state index in [0.29, 0.717) is 28.3 Å². The zero-order chi connectivity index (χ0) is 25.9. The molecule has 5 aromatic rings. The molecule has 3 aromatic heterocycles. The number of imidazole rings is 1. The predicted molar refractivity (Wildman–Crippen MR) is 136 cm³/mol. The summed E-state index contributed by atoms with van der Waals surface area (Å²) in [4.78, 5) is 30.1. The Balaban J connectivity index is 1.30. The summed E-state index contributed by atoms with van der Waals surface area (Å²) < 4.78 is 27.4. The van der Waals surface area contributed by atoms with Crippen molar-refractivity contribution in [2.45, 2.75) is 20.5 Å². The molecule has 2 aromatic carbocycles. The lowest BCUT2D eigenvalue weighted by molar-refractivity contribution is 0.101. The molecule has 2 amide bonds. The van der Waals surface area contributed by atoms with E-state index in [1.165, 1.54) is 30.5 Å². The van der Waals surface area contributed by atoms with Gasteiger partial charge in [0, 0.05) is 18.1 Å². The van der Waals surface area contributed by atoms with Crippen LogP contribution in [0, 0.1) is 19.7 Å². The molecule has 0 fully saturated rings. The van der Waals surface area contributed by atoms with Crippen molar-refractivity contribution in [3.63, 3.8) is 0 Å². The molecule has 0 atom stereocenters. The second-order valence-electron chi connectivity index (χ2n) is 8.43. The number of rotatable bonds is 7. The molecule has 0 aliphatic rings. The fourth-order valence-corrected chi connectivity index (χ4v) is 3.91. The molecule has 0 saturated carbocycles. The van der Waals surface area contributed by atoms with Gasteiger partial charge in [0.2, 0.25) is 0 Å². The minimum absolute atomic E-state index is 0.0740. The first-order valence-electron chi connectivity index (χ1n) is 11.5. The van der Waals surface area contributed by atoms with E-state index in [2.05, 4.69) is 15.6 Å². The zero-order valence-electron chi connectivity index (χ0n) is 20.1. The first-order chi connectivity index (χ1) is 17.9. The van der Waals surface area contributed by atoms with Crippen LogP contribution < -0.4 is 15.4 Å². The third-order valence-electron chi connectivity index (χ3n) is 5.81. The number of carbonyl (C=O) groups is 2. The number of anilines is 2. The van der Waals surface area contributed by atoms with Crippen LogP contribution in [0.1, 0.15) is 37.7 Å². The van der Waals surface area contributed by atoms with E-state index in [1.807, 2.05) is 35.9 Å². The Kier molecular flexibility index (Phi) is 6.42. The van der Waals surface area contributed by atoms with E-state index in [0.717, 1.165) is 16.9 Å². The number of furan rings is 1. The van der Waals surface area contributed by atoms with Crippen LogP contribution in [0.2, 0.25) is 0 Å². The lowest BCUT2D eigenvalue weighted by atomic mass is 10.1. The van der Waals surface area contributed by atoms with Gasteiger partial charge in [-0.15, -0.1) is 0 Å². The largest absolute Gasteiger partial charge is 0.486 e. The minimum atomic E-state index is -0.640. The summed E-state index contributed by atoms with van der Waals surface area (Å²) >= 11 is 0. The Morgan fingerprint density at radius 3 is 2.59 bits per heavy atom. The molecular weight excluding hydrogens is 475 g/mol. The average molecular weight is 499 g/mol. The molecule has 0 unspecified atom stereocenters. The van der Waals surface area contributed by atoms with E-state index in [1.54, 1.807) is 31.2 Å². The van der Waals surface area contributed by atoms with E-state index in [9.17, 15) is 14.0 Å². The number of halogens is 1. The van der Waals surface area contributed by atoms with E-state index >= 15 is 0 Å². The Labute approximate surface area is 211 Å². The van der Waals surface area contributed by atoms with Gasteiger partial charge in [-0.05, 0) is 61.9 Å². The molecule has 2 N–H and O–H groups in total. The predicted octanol–water partition coefficient (Wildman–Crippen LogP) is 5.77. The molecule has 37 heavy (non-hydrogen) atoms. The molecule has 0 aliphatic carbocycles. The highest BCUT2D eigenvalue weighted by Crippen LogP contribution is 2.24. The van der Waals surface area contributed by atoms with Crippen LogP contribution in [0.5, 0.6) is 5.75 Å². The van der Waals surface area contributed by atoms with Crippen LogP contribution in [-0.4, -0.2) is 21.2 Å². The molecule has 0 aliphatic heterocycles. The van der Waals surface area contributed by atoms with Crippen LogP contribution in [0.4, 0.5) is 15.8 Å². The number of hydrogen-bond donors (Lipinski definition) is 2. The summed E-state index contributed by atoms with van der Waals surface area (Å²) in [5, 5.41) is 5.25. The fourth-order valence-electron chi connectivity index (χ4n) is 3.91. The Morgan fingerprint density at radius 1 is 1.00 bits per heavy atom. The first kappa shape index (κ1) is 23.8. The van der Waals surface area contributed by atoms with Crippen molar-refractivity contribution >= 4 is 28.8 Å². The summed E-state index contributed by atoms with van der Waals surface area (Å²) in [6.07, 6.45) is 5.17. The highest BCUT2D eigenvalue weighted by Gasteiger charge is 2.17. The van der Waals surface area contributed by atoms with E-state index < -0.39 is 17.6 Å². The number of nitrogens with zero attached hydrogens (tertiary/aromatic N) is 2. The molecular formula is C28H23FN4O4. The van der Waals surface area contributed by atoms with Crippen molar-refractivity contribution in [2.24, 2.45) is 0 Å². The Hall–Kier alpha value is -4.92. The smallest absolute Gasteiger partial charge is 0.259 e. The summed E-state index contributed by atoms with van der Waals surface area (Å²) in [7, 11) is 0. The lowest BCUT2D eigenvalue weighted by Gasteiger charge is -2.12. The molecule has 5 rings (SSSR count). The maximum Gasteiger partial charge on any atom is 0.259 e. The minimum Gasteiger partial charge on any atom is -0.486 e. The van der Waals surface area contributed by atoms with Gasteiger partial charge in [0.25, 0.3) is 11.8 Å². The van der Waals surface area contributed by atoms with Gasteiger partial charge >= 0.3 is 0 Å². The van der Waals surface area contributed by atoms with Gasteiger partial charge in [0.05, 0.1) is 28.8 Å². The standard InChI is InChI=1S/C28H23FN4O4/c1-17-6-5-12-33-15-20(30-26(17)33)16-37-25-8-4-3-7-22(25)28(35)31-19-9-10-23(29)24(14-19)32-27(34)21-11-13-36-18(21)2/h3-15H,16H2,1-2H3,(H,31,35)(H,32,34). The highest BCUT2D eigenvalue weighted by atomic mass is 19.1. The molecule has 0 spiro atoms. The number of ether oxygens (including phenoxy) is 1. The number of hydrogen-bond acceptors (Lipinski definition) is 5. The van der Waals surface area contributed by atoms with Gasteiger partial charge in [-0.2, -0.15) is 0 Å². The number of benzene rings is 2. The van der Waals surface area contributed by atoms with Gasteiger partial charge < -0.3 is 24.2 Å². The normalized spacial score (nSPS) is 10.9. The maximum atomic E-state index is 14.4. The Morgan fingerprint density at radius 2 is 1.81 bits per heavy atom. The number of para-hydroxylation sites is 1. The zero-order valence-corrected chi connectivity index (χ0v) is 20.1. The number of pyridine rings is 1. The molecule has 0 bridgehead atoms. The number of carbonyl (C=O) groups excluding carboxylic acids is 2. The number of fused-ring (bicyclic) bond motifs is 1. The monoisotopic (exact) mass is 498 g/mol. The van der Waals surface area contributed by atoms with Crippen molar-refractivity contribution < 1.29 is 23.1 Å². The number of aromatic nitrogens is 2. The topological polar surface area (TPSA) is 97.9 Å². The van der Waals surface area contributed by atoms with Gasteiger partial charge in [0.15, 0.2) is 0 Å². The third-order valence-corrected chi connectivity index (χ3v) is 5.81. The van der Waals surface area contributed by atoms with E-state index in [-0.39, 0.29) is 12.3 Å². The highest BCUT2D eigenvalue weighted by molar-refractivity contribution is 6.07. The van der Waals surface area contributed by atoms with E-state index in [4.69, 9.17) is 9.15 Å². The Bertz CT molecular complexity index is 1620. The molecule has 3 heterocycles. The van der Waals surface area contributed by atoms with Crippen LogP contribution >= 0.6 is 0 Å². The summed E-state index contributed by atoms with van der Waals surface area (Å²) in [5.74, 6) is -0.818. The van der Waals surface area contributed by atoms with Crippen LogP contribution in [0.25, 0.3) is 5.65 Å². The van der Waals surface area contributed by atoms with Crippen LogP contribution in [-0.2, 0) is 6.61 Å². The molecule has 0 radical (unpaired) electrons. The molecule has 186 valence electrons. The molecule has 8 nitrogen and oxygen atoms in total. The number of amides is 2. The second kappa shape index (κ2) is 9.98.